The molecular formula is C42H42F2N6O4. The van der Waals surface area contributed by atoms with Crippen molar-refractivity contribution in [3.05, 3.63) is 59.7 Å². The lowest BCUT2D eigenvalue weighted by Gasteiger charge is -2.48. The van der Waals surface area contributed by atoms with Crippen molar-refractivity contribution < 1.29 is 27.8 Å². The van der Waals surface area contributed by atoms with Gasteiger partial charge in [0, 0.05) is 30.6 Å². The number of nitrogens with zero attached hydrogens (tertiary/aromatic N) is 6. The van der Waals surface area contributed by atoms with Gasteiger partial charge in [0.2, 0.25) is 5.88 Å². The lowest BCUT2D eigenvalue weighted by Crippen LogP contribution is -2.65. The lowest BCUT2D eigenvalue weighted by atomic mass is 9.91. The van der Waals surface area contributed by atoms with Crippen molar-refractivity contribution in [2.75, 3.05) is 31.1 Å². The van der Waals surface area contributed by atoms with Crippen LogP contribution in [0.2, 0.25) is 0 Å². The van der Waals surface area contributed by atoms with Crippen LogP contribution in [0.5, 0.6) is 11.9 Å². The molecule has 1 unspecified atom stereocenters. The number of ether oxygens (including phenoxy) is 3. The van der Waals surface area contributed by atoms with E-state index in [1.54, 1.807) is 24.3 Å². The van der Waals surface area contributed by atoms with Crippen molar-refractivity contribution in [2.24, 2.45) is 11.8 Å². The molecule has 5 fully saturated rings. The van der Waals surface area contributed by atoms with E-state index < -0.39 is 23.3 Å². The van der Waals surface area contributed by atoms with Crippen LogP contribution in [-0.2, 0) is 4.74 Å². The summed E-state index contributed by atoms with van der Waals surface area (Å²) in [5.41, 5.74) is 0.591. The number of hydrogen-bond acceptors (Lipinski definition) is 9. The highest BCUT2D eigenvalue weighted by Crippen LogP contribution is 2.60. The number of carbonyl (C=O) groups is 1. The molecular weight excluding hydrogens is 690 g/mol. The third-order valence-electron chi connectivity index (χ3n) is 12.6. The van der Waals surface area contributed by atoms with Gasteiger partial charge in [-0.15, -0.1) is 6.42 Å². The summed E-state index contributed by atoms with van der Waals surface area (Å²) in [6.45, 7) is 14.5. The van der Waals surface area contributed by atoms with Crippen molar-refractivity contribution >= 4 is 33.6 Å². The number of hydrogen-bond donors (Lipinski definition) is 0. The van der Waals surface area contributed by atoms with Gasteiger partial charge >= 0.3 is 12.1 Å². The first-order valence-corrected chi connectivity index (χ1v) is 18.9. The molecule has 0 spiro atoms. The molecule has 5 aliphatic heterocycles. The van der Waals surface area contributed by atoms with Crippen LogP contribution in [-0.4, -0.2) is 92.5 Å². The lowest BCUT2D eigenvalue weighted by molar-refractivity contribution is 0.000934. The standard InChI is InChI=1S/C42H42F2N6O4/c1-7-26-29(43)13-11-23-9-8-10-27(31(23)26)34-33(44)35-32-37(47-39(46-35)52-20-42-16-21(2)17-48(42)18-24-15-28(24)42)49-19-25-12-14-30(36(49)22(3)53-38(32)45-34)50(25)40(51)54-41(4,5)6/h1,8-11,13,22,24-25,28,30,36H,2,12,14-20H2,3-6H3/t22-,24+,25+,28+,30-,36+,42?/m0/s1. The van der Waals surface area contributed by atoms with Gasteiger partial charge in [-0.2, -0.15) is 9.97 Å². The summed E-state index contributed by atoms with van der Waals surface area (Å²) in [5.74, 6) is 2.94. The highest BCUT2D eigenvalue weighted by molar-refractivity contribution is 6.03. The maximum atomic E-state index is 17.4. The molecule has 2 bridgehead atoms. The predicted molar refractivity (Wildman–Crippen MR) is 199 cm³/mol. The highest BCUT2D eigenvalue weighted by Gasteiger charge is 2.64. The van der Waals surface area contributed by atoms with Crippen LogP contribution in [0.3, 0.4) is 0 Å². The van der Waals surface area contributed by atoms with Crippen LogP contribution in [0, 0.1) is 35.8 Å². The third-order valence-corrected chi connectivity index (χ3v) is 12.6. The Kier molecular flexibility index (Phi) is 7.14. The van der Waals surface area contributed by atoms with Crippen molar-refractivity contribution in [1.82, 2.24) is 24.8 Å². The van der Waals surface area contributed by atoms with Crippen LogP contribution >= 0.6 is 0 Å². The molecule has 2 aromatic heterocycles. The number of benzene rings is 2. The topological polar surface area (TPSA) is 93.2 Å². The molecule has 4 saturated heterocycles. The molecule has 12 heteroatoms. The largest absolute Gasteiger partial charge is 0.472 e. The fourth-order valence-electron chi connectivity index (χ4n) is 10.4. The van der Waals surface area contributed by atoms with E-state index in [0.717, 1.165) is 38.8 Å². The van der Waals surface area contributed by atoms with Gasteiger partial charge in [0.1, 0.15) is 46.5 Å². The van der Waals surface area contributed by atoms with E-state index in [1.807, 2.05) is 32.6 Å². The summed E-state index contributed by atoms with van der Waals surface area (Å²) >= 11 is 0. The second-order valence-corrected chi connectivity index (χ2v) is 17.1. The van der Waals surface area contributed by atoms with Crippen molar-refractivity contribution in [3.8, 4) is 35.5 Å². The average molecular weight is 733 g/mol. The van der Waals surface area contributed by atoms with Gasteiger partial charge in [-0.25, -0.2) is 18.6 Å². The number of piperazine rings is 1. The molecule has 0 N–H and O–H groups in total. The smallest absolute Gasteiger partial charge is 0.410 e. The Balaban J connectivity index is 1.14. The number of rotatable bonds is 4. The molecule has 278 valence electrons. The first-order valence-electron chi connectivity index (χ1n) is 18.9. The Hall–Kier alpha value is -5.02. The zero-order chi connectivity index (χ0) is 37.4. The molecule has 10 nitrogen and oxygen atoms in total. The van der Waals surface area contributed by atoms with Crippen LogP contribution < -0.4 is 14.4 Å². The minimum atomic E-state index is -0.718. The first kappa shape index (κ1) is 33.5. The molecule has 7 heterocycles. The number of amides is 1. The zero-order valence-electron chi connectivity index (χ0n) is 30.9. The Morgan fingerprint density at radius 1 is 1.13 bits per heavy atom. The van der Waals surface area contributed by atoms with E-state index in [2.05, 4.69) is 22.3 Å². The van der Waals surface area contributed by atoms with E-state index >= 15 is 8.78 Å². The van der Waals surface area contributed by atoms with Crippen LogP contribution in [0.25, 0.3) is 32.9 Å². The predicted octanol–water partition coefficient (Wildman–Crippen LogP) is 6.87. The van der Waals surface area contributed by atoms with Crippen LogP contribution in [0.4, 0.5) is 19.4 Å². The summed E-state index contributed by atoms with van der Waals surface area (Å²) in [6.07, 6.45) is 8.47. The Morgan fingerprint density at radius 3 is 2.76 bits per heavy atom. The Morgan fingerprint density at radius 2 is 1.96 bits per heavy atom. The van der Waals surface area contributed by atoms with E-state index in [9.17, 15) is 4.79 Å². The molecule has 54 heavy (non-hydrogen) atoms. The molecule has 10 rings (SSSR count). The number of halogens is 2. The summed E-state index contributed by atoms with van der Waals surface area (Å²) < 4.78 is 51.8. The number of pyridine rings is 1. The molecule has 1 amide bonds. The zero-order valence-corrected chi connectivity index (χ0v) is 30.9. The Labute approximate surface area is 312 Å². The molecule has 4 aromatic rings. The van der Waals surface area contributed by atoms with Gasteiger partial charge in [-0.05, 0) is 76.7 Å². The summed E-state index contributed by atoms with van der Waals surface area (Å²) in [6, 6.07) is 7.44. The monoisotopic (exact) mass is 732 g/mol. The molecule has 6 aliphatic rings. The maximum Gasteiger partial charge on any atom is 0.410 e. The number of fused-ring (bicyclic) bond motifs is 9. The summed E-state index contributed by atoms with van der Waals surface area (Å²) in [5, 5.41) is 1.33. The summed E-state index contributed by atoms with van der Waals surface area (Å²) in [7, 11) is 0. The van der Waals surface area contributed by atoms with Gasteiger partial charge in [-0.3, -0.25) is 9.80 Å². The van der Waals surface area contributed by atoms with Gasteiger partial charge < -0.3 is 19.1 Å². The molecule has 7 atom stereocenters. The normalized spacial score (nSPS) is 29.4. The van der Waals surface area contributed by atoms with Gasteiger partial charge in [0.15, 0.2) is 5.82 Å². The van der Waals surface area contributed by atoms with Gasteiger partial charge in [-0.1, -0.05) is 42.3 Å². The molecule has 2 aromatic carbocycles. The SMILES string of the molecule is C#Cc1c(F)ccc2cccc(-c3nc4c5c(nc(OCC67CC(=C)CN6C[C@H]6C[C@H]67)nc5c3F)N3C[C@H]5CC[C@@H]([C@H]3[C@H](C)O4)N5C(=O)OC(C)(C)C)c12. The quantitative estimate of drug-likeness (QED) is 0.165. The fourth-order valence-corrected chi connectivity index (χ4v) is 10.4. The molecule has 1 aliphatic carbocycles. The fraction of sp³-hybridized carbons (Fsp3) is 0.476. The molecule has 1 saturated carbocycles. The van der Waals surface area contributed by atoms with Gasteiger partial charge in [0.05, 0.1) is 29.2 Å². The number of aromatic nitrogens is 3. The van der Waals surface area contributed by atoms with Crippen LogP contribution in [0.15, 0.2) is 42.5 Å². The van der Waals surface area contributed by atoms with E-state index in [-0.39, 0.29) is 58.4 Å². The first-order chi connectivity index (χ1) is 25.8. The second kappa shape index (κ2) is 11.5. The molecule has 0 radical (unpaired) electrons. The second-order valence-electron chi connectivity index (χ2n) is 17.1. The summed E-state index contributed by atoms with van der Waals surface area (Å²) in [4.78, 5) is 34.8. The van der Waals surface area contributed by atoms with Crippen molar-refractivity contribution in [1.29, 1.82) is 0 Å². The highest BCUT2D eigenvalue weighted by atomic mass is 19.1. The Bertz CT molecular complexity index is 2360. The van der Waals surface area contributed by atoms with Crippen molar-refractivity contribution in [2.45, 2.75) is 88.7 Å². The van der Waals surface area contributed by atoms with E-state index in [0.29, 0.717) is 52.5 Å². The minimum absolute atomic E-state index is 0.0126. The number of anilines is 1. The number of piperidine rings is 1. The average Bonchev–Trinajstić information content (AvgIpc) is 3.65. The third kappa shape index (κ3) is 4.86. The van der Waals surface area contributed by atoms with E-state index in [1.165, 1.54) is 11.6 Å². The van der Waals surface area contributed by atoms with Gasteiger partial charge in [0.25, 0.3) is 0 Å². The van der Waals surface area contributed by atoms with Crippen LogP contribution in [0.1, 0.15) is 58.9 Å². The maximum absolute atomic E-state index is 17.4. The number of terminal acetylenes is 1. The minimum Gasteiger partial charge on any atom is -0.472 e. The van der Waals surface area contributed by atoms with Crippen molar-refractivity contribution in [3.63, 3.8) is 0 Å². The van der Waals surface area contributed by atoms with E-state index in [4.69, 9.17) is 35.6 Å². The number of carbonyl (C=O) groups excluding carboxylic acids is 1.